The van der Waals surface area contributed by atoms with Crippen molar-refractivity contribution in [2.24, 2.45) is 0 Å². The molecule has 0 aromatic carbocycles. The molecular formula is C10H15BrN4. The van der Waals surface area contributed by atoms with Crippen molar-refractivity contribution in [2.45, 2.75) is 32.9 Å². The van der Waals surface area contributed by atoms with E-state index in [-0.39, 0.29) is 0 Å². The van der Waals surface area contributed by atoms with E-state index in [9.17, 15) is 0 Å². The lowest BCUT2D eigenvalue weighted by Gasteiger charge is -2.09. The summed E-state index contributed by atoms with van der Waals surface area (Å²) in [5, 5.41) is 16.2. The number of hydrogen-bond acceptors (Lipinski definition) is 3. The van der Waals surface area contributed by atoms with Crippen molar-refractivity contribution >= 4 is 15.9 Å². The Morgan fingerprint density at radius 1 is 1.67 bits per heavy atom. The summed E-state index contributed by atoms with van der Waals surface area (Å²) >= 11 is 3.31. The minimum atomic E-state index is 0.403. The maximum Gasteiger partial charge on any atom is 0.128 e. The van der Waals surface area contributed by atoms with Gasteiger partial charge in [-0.3, -0.25) is 4.68 Å². The lowest BCUT2D eigenvalue weighted by atomic mass is 10.3. The van der Waals surface area contributed by atoms with Gasteiger partial charge in [-0.25, -0.2) is 0 Å². The topological polar surface area (TPSA) is 53.6 Å². The molecule has 0 spiro atoms. The van der Waals surface area contributed by atoms with Gasteiger partial charge in [-0.2, -0.15) is 10.4 Å². The predicted molar refractivity (Wildman–Crippen MR) is 62.4 cm³/mol. The lowest BCUT2D eigenvalue weighted by molar-refractivity contribution is 0.506. The Morgan fingerprint density at radius 3 is 3.00 bits per heavy atom. The fraction of sp³-hybridized carbons (Fsp3) is 0.600. The molecule has 0 saturated carbocycles. The zero-order chi connectivity index (χ0) is 11.3. The molecule has 1 rings (SSSR count). The van der Waals surface area contributed by atoms with E-state index in [1.165, 1.54) is 0 Å². The van der Waals surface area contributed by atoms with Crippen molar-refractivity contribution in [1.29, 1.82) is 5.26 Å². The van der Waals surface area contributed by atoms with Crippen LogP contribution in [0.25, 0.3) is 0 Å². The van der Waals surface area contributed by atoms with Crippen molar-refractivity contribution in [3.8, 4) is 6.07 Å². The van der Waals surface area contributed by atoms with E-state index >= 15 is 0 Å². The van der Waals surface area contributed by atoms with Gasteiger partial charge in [0.2, 0.25) is 0 Å². The van der Waals surface area contributed by atoms with Gasteiger partial charge in [0.25, 0.3) is 0 Å². The van der Waals surface area contributed by atoms with Gasteiger partial charge in [0.05, 0.1) is 24.7 Å². The van der Waals surface area contributed by atoms with Crippen molar-refractivity contribution in [3.05, 3.63) is 16.4 Å². The second-order valence-electron chi connectivity index (χ2n) is 3.63. The normalized spacial score (nSPS) is 10.6. The van der Waals surface area contributed by atoms with Gasteiger partial charge in [0, 0.05) is 12.6 Å². The van der Waals surface area contributed by atoms with Gasteiger partial charge in [0.15, 0.2) is 0 Å². The first kappa shape index (κ1) is 12.2. The Labute approximate surface area is 98.4 Å². The smallest absolute Gasteiger partial charge is 0.128 e. The molecule has 0 aliphatic rings. The third-order valence-electron chi connectivity index (χ3n) is 1.97. The first-order chi connectivity index (χ1) is 7.13. The van der Waals surface area contributed by atoms with Crippen LogP contribution in [0, 0.1) is 11.3 Å². The largest absolute Gasteiger partial charge is 0.313 e. The molecule has 0 fully saturated rings. The maximum absolute atomic E-state index is 8.65. The third kappa shape index (κ3) is 4.02. The SMILES string of the molecule is CC(C)NCCn1nc(Br)cc1CC#N. The Morgan fingerprint density at radius 2 is 2.40 bits per heavy atom. The molecule has 1 aromatic rings. The van der Waals surface area contributed by atoms with Crippen molar-refractivity contribution in [1.82, 2.24) is 15.1 Å². The van der Waals surface area contributed by atoms with Crippen LogP contribution >= 0.6 is 15.9 Å². The molecule has 1 aromatic heterocycles. The summed E-state index contributed by atoms with van der Waals surface area (Å²) in [6, 6.07) is 4.50. The van der Waals surface area contributed by atoms with Crippen LogP contribution in [0.3, 0.4) is 0 Å². The molecule has 0 bridgehead atoms. The molecule has 0 aliphatic carbocycles. The summed E-state index contributed by atoms with van der Waals surface area (Å²) in [7, 11) is 0. The first-order valence-corrected chi connectivity index (χ1v) is 5.75. The van der Waals surface area contributed by atoms with E-state index in [1.54, 1.807) is 0 Å². The molecule has 0 radical (unpaired) electrons. The Kier molecular flexibility index (Phi) is 4.79. The summed E-state index contributed by atoms with van der Waals surface area (Å²) in [6.45, 7) is 5.87. The number of rotatable bonds is 5. The minimum absolute atomic E-state index is 0.403. The quantitative estimate of drug-likeness (QED) is 0.887. The standard InChI is InChI=1S/C10H15BrN4/c1-8(2)13-5-6-15-9(3-4-12)7-10(11)14-15/h7-8,13H,3,5-6H2,1-2H3. The Balaban J connectivity index is 2.56. The average molecular weight is 271 g/mol. The van der Waals surface area contributed by atoms with Gasteiger partial charge >= 0.3 is 0 Å². The summed E-state index contributed by atoms with van der Waals surface area (Å²) in [4.78, 5) is 0. The molecule has 5 heteroatoms. The number of nitriles is 1. The molecular weight excluding hydrogens is 256 g/mol. The number of aromatic nitrogens is 2. The maximum atomic E-state index is 8.65. The van der Waals surface area contributed by atoms with E-state index in [1.807, 2.05) is 10.7 Å². The van der Waals surface area contributed by atoms with Crippen LogP contribution in [0.2, 0.25) is 0 Å². The number of nitrogens with one attached hydrogen (secondary N) is 1. The van der Waals surface area contributed by atoms with Gasteiger partial charge in [-0.1, -0.05) is 13.8 Å². The fourth-order valence-corrected chi connectivity index (χ4v) is 1.75. The predicted octanol–water partition coefficient (Wildman–Crippen LogP) is 1.71. The van der Waals surface area contributed by atoms with Crippen LogP contribution in [0.4, 0.5) is 0 Å². The summed E-state index contributed by atoms with van der Waals surface area (Å²) in [5.41, 5.74) is 0.954. The number of hydrogen-bond donors (Lipinski definition) is 1. The van der Waals surface area contributed by atoms with Crippen LogP contribution in [0.5, 0.6) is 0 Å². The highest BCUT2D eigenvalue weighted by Gasteiger charge is 2.05. The zero-order valence-corrected chi connectivity index (χ0v) is 10.6. The van der Waals surface area contributed by atoms with Crippen LogP contribution in [0.15, 0.2) is 10.7 Å². The summed E-state index contributed by atoms with van der Waals surface area (Å²) < 4.78 is 2.65. The fourth-order valence-electron chi connectivity index (χ4n) is 1.30. The van der Waals surface area contributed by atoms with E-state index in [0.717, 1.165) is 23.4 Å². The number of halogens is 1. The zero-order valence-electron chi connectivity index (χ0n) is 9.00. The van der Waals surface area contributed by atoms with E-state index < -0.39 is 0 Å². The van der Waals surface area contributed by atoms with Crippen molar-refractivity contribution in [3.63, 3.8) is 0 Å². The van der Waals surface area contributed by atoms with Gasteiger partial charge in [-0.05, 0) is 22.0 Å². The molecule has 0 unspecified atom stereocenters. The highest BCUT2D eigenvalue weighted by Crippen LogP contribution is 2.10. The average Bonchev–Trinajstić information content (AvgIpc) is 2.47. The van der Waals surface area contributed by atoms with Gasteiger partial charge < -0.3 is 5.32 Å². The highest BCUT2D eigenvalue weighted by molar-refractivity contribution is 9.10. The van der Waals surface area contributed by atoms with Crippen LogP contribution in [0.1, 0.15) is 19.5 Å². The summed E-state index contributed by atoms with van der Waals surface area (Å²) in [5.74, 6) is 0. The molecule has 82 valence electrons. The molecule has 4 nitrogen and oxygen atoms in total. The summed E-state index contributed by atoms with van der Waals surface area (Å²) in [6.07, 6.45) is 0.403. The van der Waals surface area contributed by atoms with Gasteiger partial charge in [-0.15, -0.1) is 0 Å². The Bertz CT molecular complexity index is 351. The second-order valence-corrected chi connectivity index (χ2v) is 4.44. The molecule has 15 heavy (non-hydrogen) atoms. The van der Waals surface area contributed by atoms with Crippen molar-refractivity contribution in [2.75, 3.05) is 6.54 Å². The molecule has 0 amide bonds. The van der Waals surface area contributed by atoms with Crippen LogP contribution in [-0.2, 0) is 13.0 Å². The number of nitrogens with zero attached hydrogens (tertiary/aromatic N) is 3. The molecule has 0 atom stereocenters. The van der Waals surface area contributed by atoms with Crippen LogP contribution in [-0.4, -0.2) is 22.4 Å². The Hall–Kier alpha value is -0.860. The highest BCUT2D eigenvalue weighted by atomic mass is 79.9. The van der Waals surface area contributed by atoms with Gasteiger partial charge in [0.1, 0.15) is 4.60 Å². The van der Waals surface area contributed by atoms with Crippen molar-refractivity contribution < 1.29 is 0 Å². The monoisotopic (exact) mass is 270 g/mol. The lowest BCUT2D eigenvalue weighted by Crippen LogP contribution is -2.27. The third-order valence-corrected chi connectivity index (χ3v) is 2.36. The van der Waals surface area contributed by atoms with E-state index in [0.29, 0.717) is 12.5 Å². The second kappa shape index (κ2) is 5.89. The minimum Gasteiger partial charge on any atom is -0.313 e. The molecule has 0 saturated heterocycles. The molecule has 1 heterocycles. The first-order valence-electron chi connectivity index (χ1n) is 4.96. The molecule has 1 N–H and O–H groups in total. The van der Waals surface area contributed by atoms with E-state index in [4.69, 9.17) is 5.26 Å². The van der Waals surface area contributed by atoms with E-state index in [2.05, 4.69) is 46.3 Å². The molecule has 0 aliphatic heterocycles. The van der Waals surface area contributed by atoms with Crippen LogP contribution < -0.4 is 5.32 Å².